The molecule has 14 heavy (non-hydrogen) atoms. The lowest BCUT2D eigenvalue weighted by Crippen LogP contribution is -1.97. The van der Waals surface area contributed by atoms with E-state index in [-0.39, 0.29) is 0 Å². The van der Waals surface area contributed by atoms with E-state index < -0.39 is 0 Å². The molecular formula is C9H11N3S2. The fraction of sp³-hybridized carbons (Fsp3) is 0.333. The topological polar surface area (TPSA) is 51.8 Å². The summed E-state index contributed by atoms with van der Waals surface area (Å²) >= 11 is 3.23. The van der Waals surface area contributed by atoms with Crippen LogP contribution in [0.2, 0.25) is 0 Å². The molecule has 5 heteroatoms. The van der Waals surface area contributed by atoms with E-state index in [9.17, 15) is 0 Å². The van der Waals surface area contributed by atoms with Crippen LogP contribution in [-0.4, -0.2) is 15.2 Å². The average Bonchev–Trinajstić information content (AvgIpc) is 2.50. The van der Waals surface area contributed by atoms with Crippen molar-refractivity contribution in [3.8, 4) is 0 Å². The first-order chi connectivity index (χ1) is 6.66. The Morgan fingerprint density at radius 2 is 2.21 bits per heavy atom. The molecule has 2 aromatic rings. The molecule has 0 aliphatic carbocycles. The highest BCUT2D eigenvalue weighted by Crippen LogP contribution is 2.27. The van der Waals surface area contributed by atoms with Crippen LogP contribution in [0, 0.1) is 0 Å². The molecule has 2 N–H and O–H groups in total. The van der Waals surface area contributed by atoms with E-state index >= 15 is 0 Å². The normalized spacial score (nSPS) is 11.4. The van der Waals surface area contributed by atoms with Gasteiger partial charge in [-0.3, -0.25) is 0 Å². The first-order valence-corrected chi connectivity index (χ1v) is 6.10. The zero-order valence-corrected chi connectivity index (χ0v) is 9.65. The fourth-order valence-electron chi connectivity index (χ4n) is 1.12. The van der Waals surface area contributed by atoms with Crippen molar-refractivity contribution in [2.24, 2.45) is 0 Å². The Labute approximate surface area is 90.8 Å². The summed E-state index contributed by atoms with van der Waals surface area (Å²) in [7, 11) is 0. The zero-order chi connectivity index (χ0) is 10.1. The number of hydrogen-bond acceptors (Lipinski definition) is 5. The lowest BCUT2D eigenvalue weighted by atomic mass is 10.4. The summed E-state index contributed by atoms with van der Waals surface area (Å²) < 4.78 is 0. The summed E-state index contributed by atoms with van der Waals surface area (Å²) in [4.78, 5) is 9.65. The highest BCUT2D eigenvalue weighted by molar-refractivity contribution is 7.99. The molecule has 2 rings (SSSR count). The van der Waals surface area contributed by atoms with Gasteiger partial charge in [0, 0.05) is 5.25 Å². The van der Waals surface area contributed by atoms with Crippen LogP contribution in [0.25, 0.3) is 10.2 Å². The van der Waals surface area contributed by atoms with Gasteiger partial charge in [0.25, 0.3) is 0 Å². The third kappa shape index (κ3) is 1.83. The highest BCUT2D eigenvalue weighted by atomic mass is 32.2. The SMILES string of the molecule is CC(C)Sc1nc(N)c2ccsc2n1. The third-order valence-electron chi connectivity index (χ3n) is 1.68. The Morgan fingerprint density at radius 1 is 1.43 bits per heavy atom. The standard InChI is InChI=1S/C9H11N3S2/c1-5(2)14-9-11-7(10)6-3-4-13-8(6)12-9/h3-5H,1-2H3,(H2,10,11,12). The maximum Gasteiger partial charge on any atom is 0.191 e. The quantitative estimate of drug-likeness (QED) is 0.630. The van der Waals surface area contributed by atoms with Gasteiger partial charge in [0.05, 0.1) is 5.39 Å². The van der Waals surface area contributed by atoms with Gasteiger partial charge in [0.15, 0.2) is 5.16 Å². The minimum absolute atomic E-state index is 0.479. The van der Waals surface area contributed by atoms with E-state index in [4.69, 9.17) is 5.73 Å². The van der Waals surface area contributed by atoms with E-state index in [2.05, 4.69) is 23.8 Å². The third-order valence-corrected chi connectivity index (χ3v) is 3.35. The largest absolute Gasteiger partial charge is 0.383 e. The summed E-state index contributed by atoms with van der Waals surface area (Å²) in [5.74, 6) is 0.583. The van der Waals surface area contributed by atoms with Gasteiger partial charge in [0.1, 0.15) is 10.6 Å². The first kappa shape index (κ1) is 9.73. The van der Waals surface area contributed by atoms with Gasteiger partial charge < -0.3 is 5.73 Å². The summed E-state index contributed by atoms with van der Waals surface area (Å²) in [5, 5.41) is 4.20. The van der Waals surface area contributed by atoms with Crippen molar-refractivity contribution < 1.29 is 0 Å². The van der Waals surface area contributed by atoms with Crippen LogP contribution in [0.1, 0.15) is 13.8 Å². The molecule has 0 spiro atoms. The monoisotopic (exact) mass is 225 g/mol. The second-order valence-corrected chi connectivity index (χ2v) is 5.64. The van der Waals surface area contributed by atoms with Gasteiger partial charge >= 0.3 is 0 Å². The maximum absolute atomic E-state index is 5.82. The van der Waals surface area contributed by atoms with Crippen molar-refractivity contribution in [2.45, 2.75) is 24.3 Å². The van der Waals surface area contributed by atoms with E-state index in [0.29, 0.717) is 11.1 Å². The molecule has 0 fully saturated rings. The number of hydrogen-bond donors (Lipinski definition) is 1. The van der Waals surface area contributed by atoms with E-state index in [1.54, 1.807) is 23.1 Å². The zero-order valence-electron chi connectivity index (χ0n) is 8.02. The molecule has 0 amide bonds. The molecule has 0 saturated heterocycles. The summed E-state index contributed by atoms with van der Waals surface area (Å²) in [6.07, 6.45) is 0. The minimum Gasteiger partial charge on any atom is -0.383 e. The van der Waals surface area contributed by atoms with Crippen molar-refractivity contribution >= 4 is 39.1 Å². The Balaban J connectivity index is 2.47. The number of anilines is 1. The molecule has 0 atom stereocenters. The second kappa shape index (κ2) is 3.74. The molecule has 0 aromatic carbocycles. The number of nitrogens with zero attached hydrogens (tertiary/aromatic N) is 2. The van der Waals surface area contributed by atoms with Crippen molar-refractivity contribution in [1.29, 1.82) is 0 Å². The number of nitrogens with two attached hydrogens (primary N) is 1. The lowest BCUT2D eigenvalue weighted by Gasteiger charge is -2.03. The van der Waals surface area contributed by atoms with E-state index in [1.807, 2.05) is 11.4 Å². The first-order valence-electron chi connectivity index (χ1n) is 4.34. The number of thioether (sulfide) groups is 1. The van der Waals surface area contributed by atoms with Crippen molar-refractivity contribution in [3.05, 3.63) is 11.4 Å². The molecular weight excluding hydrogens is 214 g/mol. The van der Waals surface area contributed by atoms with Crippen LogP contribution in [0.4, 0.5) is 5.82 Å². The molecule has 0 unspecified atom stereocenters. The van der Waals surface area contributed by atoms with Crippen LogP contribution >= 0.6 is 23.1 Å². The molecule has 0 radical (unpaired) electrons. The van der Waals surface area contributed by atoms with E-state index in [1.165, 1.54) is 0 Å². The van der Waals surface area contributed by atoms with E-state index in [0.717, 1.165) is 15.4 Å². The van der Waals surface area contributed by atoms with Gasteiger partial charge in [-0.05, 0) is 11.4 Å². The van der Waals surface area contributed by atoms with Crippen LogP contribution in [0.5, 0.6) is 0 Å². The van der Waals surface area contributed by atoms with Gasteiger partial charge in [-0.2, -0.15) is 0 Å². The molecule has 0 aliphatic heterocycles. The van der Waals surface area contributed by atoms with Crippen molar-refractivity contribution in [1.82, 2.24) is 9.97 Å². The Kier molecular flexibility index (Phi) is 2.60. The molecule has 0 bridgehead atoms. The lowest BCUT2D eigenvalue weighted by molar-refractivity contribution is 0.996. The maximum atomic E-state index is 5.82. The van der Waals surface area contributed by atoms with Gasteiger partial charge in [0.2, 0.25) is 0 Å². The molecule has 2 aromatic heterocycles. The number of aromatic nitrogens is 2. The summed E-state index contributed by atoms with van der Waals surface area (Å²) in [6, 6.07) is 1.96. The Bertz CT molecular complexity index is 450. The number of thiophene rings is 1. The van der Waals surface area contributed by atoms with Crippen LogP contribution in [0.3, 0.4) is 0 Å². The molecule has 0 aliphatic rings. The molecule has 2 heterocycles. The number of fused-ring (bicyclic) bond motifs is 1. The smallest absolute Gasteiger partial charge is 0.191 e. The van der Waals surface area contributed by atoms with Gasteiger partial charge in [-0.25, -0.2) is 9.97 Å². The van der Waals surface area contributed by atoms with Crippen LogP contribution < -0.4 is 5.73 Å². The van der Waals surface area contributed by atoms with Crippen molar-refractivity contribution in [3.63, 3.8) is 0 Å². The number of nitrogen functional groups attached to an aromatic ring is 1. The summed E-state index contributed by atoms with van der Waals surface area (Å²) in [5.41, 5.74) is 5.82. The van der Waals surface area contributed by atoms with Gasteiger partial charge in [-0.15, -0.1) is 11.3 Å². The Hall–Kier alpha value is -0.810. The van der Waals surface area contributed by atoms with Crippen LogP contribution in [0.15, 0.2) is 16.6 Å². The number of rotatable bonds is 2. The minimum atomic E-state index is 0.479. The fourth-order valence-corrected chi connectivity index (χ4v) is 2.67. The van der Waals surface area contributed by atoms with Gasteiger partial charge in [-0.1, -0.05) is 25.6 Å². The van der Waals surface area contributed by atoms with Crippen LogP contribution in [-0.2, 0) is 0 Å². The highest BCUT2D eigenvalue weighted by Gasteiger charge is 2.07. The van der Waals surface area contributed by atoms with Crippen molar-refractivity contribution in [2.75, 3.05) is 5.73 Å². The predicted octanol–water partition coefficient (Wildman–Crippen LogP) is 2.77. The second-order valence-electron chi connectivity index (χ2n) is 3.20. The molecule has 74 valence electrons. The Morgan fingerprint density at radius 3 is 2.93 bits per heavy atom. The summed E-state index contributed by atoms with van der Waals surface area (Å²) in [6.45, 7) is 4.23. The molecule has 0 saturated carbocycles. The molecule has 3 nitrogen and oxygen atoms in total. The average molecular weight is 225 g/mol. The predicted molar refractivity (Wildman–Crippen MR) is 62.8 cm³/mol.